The molecule has 5 nitrogen and oxygen atoms in total. The van der Waals surface area contributed by atoms with Crippen LogP contribution in [-0.2, 0) is 9.63 Å². The van der Waals surface area contributed by atoms with Gasteiger partial charge in [0.05, 0.1) is 11.8 Å². The van der Waals surface area contributed by atoms with Crippen LogP contribution in [0.1, 0.15) is 58.8 Å². The number of carbonyl (C=O) groups excluding carboxylic acids is 1. The summed E-state index contributed by atoms with van der Waals surface area (Å²) >= 11 is 0. The number of hydrogen-bond acceptors (Lipinski definition) is 5. The SMILES string of the molecule is C[C@]12CC[C@H]3[C@@H](CC(=O)C4C/C(=N\OC5CNC5)[C@H](F)C[C@@]43C)[C@@H]1CC[C@@H]2O. The van der Waals surface area contributed by atoms with Crippen molar-refractivity contribution in [3.05, 3.63) is 0 Å². The van der Waals surface area contributed by atoms with Crippen molar-refractivity contribution in [2.75, 3.05) is 13.1 Å². The molecule has 0 radical (unpaired) electrons. The number of Topliss-reactive ketones (excluding diaryl/α,β-unsaturated/α-hetero) is 1. The van der Waals surface area contributed by atoms with Crippen molar-refractivity contribution in [2.24, 2.45) is 39.7 Å². The standard InChI is InChI=1S/C22H33FN2O3/c1-21-6-5-15-13(14(21)3-4-20(21)27)7-19(26)16-8-18(17(23)9-22(15,16)2)25-28-12-10-24-11-12/h12-17,20,24,27H,3-11H2,1-2H3/b25-18+/t13-,14-,15-,16?,17+,20-,21-,22+/m0/s1. The highest BCUT2D eigenvalue weighted by atomic mass is 19.1. The topological polar surface area (TPSA) is 70.9 Å². The van der Waals surface area contributed by atoms with Crippen molar-refractivity contribution >= 4 is 11.5 Å². The average Bonchev–Trinajstić information content (AvgIpc) is 2.90. The molecule has 0 spiro atoms. The van der Waals surface area contributed by atoms with Crippen molar-refractivity contribution in [1.82, 2.24) is 5.32 Å². The lowest BCUT2D eigenvalue weighted by Gasteiger charge is -2.59. The molecule has 0 aromatic rings. The summed E-state index contributed by atoms with van der Waals surface area (Å²) in [6, 6.07) is 0. The minimum Gasteiger partial charge on any atom is -0.393 e. The van der Waals surface area contributed by atoms with Crippen molar-refractivity contribution in [3.8, 4) is 0 Å². The van der Waals surface area contributed by atoms with E-state index in [-0.39, 0.29) is 34.7 Å². The maximum atomic E-state index is 15.2. The Morgan fingerprint density at radius 2 is 1.89 bits per heavy atom. The Morgan fingerprint density at radius 1 is 1.14 bits per heavy atom. The van der Waals surface area contributed by atoms with Gasteiger partial charge >= 0.3 is 0 Å². The van der Waals surface area contributed by atoms with Gasteiger partial charge in [-0.3, -0.25) is 4.79 Å². The first-order valence-electron chi connectivity index (χ1n) is 11.1. The number of alkyl halides is 1. The predicted octanol–water partition coefficient (Wildman–Crippen LogP) is 2.86. The summed E-state index contributed by atoms with van der Waals surface area (Å²) in [4.78, 5) is 18.7. The van der Waals surface area contributed by atoms with E-state index in [0.29, 0.717) is 42.7 Å². The van der Waals surface area contributed by atoms with Crippen molar-refractivity contribution in [2.45, 2.75) is 77.2 Å². The number of oxime groups is 1. The fraction of sp³-hybridized carbons (Fsp3) is 0.909. The van der Waals surface area contributed by atoms with E-state index in [9.17, 15) is 9.90 Å². The number of nitrogens with zero attached hydrogens (tertiary/aromatic N) is 1. The largest absolute Gasteiger partial charge is 0.393 e. The number of fused-ring (bicyclic) bond motifs is 5. The molecule has 1 heterocycles. The van der Waals surface area contributed by atoms with Gasteiger partial charge in [-0.2, -0.15) is 0 Å². The van der Waals surface area contributed by atoms with Gasteiger partial charge < -0.3 is 15.3 Å². The van der Waals surface area contributed by atoms with Crippen LogP contribution in [-0.4, -0.2) is 48.1 Å². The molecule has 1 saturated heterocycles. The normalized spacial score (nSPS) is 52.6. The molecular weight excluding hydrogens is 359 g/mol. The zero-order chi connectivity index (χ0) is 19.7. The molecule has 0 aromatic heterocycles. The number of nitrogens with one attached hydrogen (secondary N) is 1. The van der Waals surface area contributed by atoms with Gasteiger partial charge in [-0.1, -0.05) is 19.0 Å². The van der Waals surface area contributed by atoms with E-state index < -0.39 is 6.17 Å². The van der Waals surface area contributed by atoms with Crippen LogP contribution in [0.25, 0.3) is 0 Å². The number of ketones is 1. The van der Waals surface area contributed by atoms with Crippen LogP contribution in [0.5, 0.6) is 0 Å². The maximum Gasteiger partial charge on any atom is 0.152 e. The summed E-state index contributed by atoms with van der Waals surface area (Å²) in [6.45, 7) is 5.87. The Balaban J connectivity index is 1.39. The van der Waals surface area contributed by atoms with Crippen molar-refractivity contribution in [3.63, 3.8) is 0 Å². The van der Waals surface area contributed by atoms with Crippen molar-refractivity contribution in [1.29, 1.82) is 0 Å². The highest BCUT2D eigenvalue weighted by molar-refractivity contribution is 5.95. The minimum atomic E-state index is -1.12. The monoisotopic (exact) mass is 392 g/mol. The summed E-state index contributed by atoms with van der Waals surface area (Å²) in [5.74, 6) is 1.20. The average molecular weight is 393 g/mol. The van der Waals surface area contributed by atoms with Gasteiger partial charge in [-0.05, 0) is 60.7 Å². The van der Waals surface area contributed by atoms with Crippen LogP contribution in [0.4, 0.5) is 4.39 Å². The predicted molar refractivity (Wildman–Crippen MR) is 104 cm³/mol. The number of aliphatic hydroxyl groups excluding tert-OH is 1. The zero-order valence-electron chi connectivity index (χ0n) is 17.0. The molecular formula is C22H33FN2O3. The van der Waals surface area contributed by atoms with Gasteiger partial charge in [-0.25, -0.2) is 4.39 Å². The summed E-state index contributed by atoms with van der Waals surface area (Å²) in [5.41, 5.74) is 0.0647. The molecule has 8 atom stereocenters. The van der Waals surface area contributed by atoms with E-state index >= 15 is 4.39 Å². The number of aliphatic hydroxyl groups is 1. The summed E-state index contributed by atoms with van der Waals surface area (Å²) < 4.78 is 15.2. The highest BCUT2D eigenvalue weighted by Crippen LogP contribution is 2.65. The summed E-state index contributed by atoms with van der Waals surface area (Å²) in [5, 5.41) is 17.8. The molecule has 4 aliphatic carbocycles. The molecule has 0 amide bonds. The maximum absolute atomic E-state index is 15.2. The van der Waals surface area contributed by atoms with Gasteiger partial charge in [0, 0.05) is 31.8 Å². The van der Waals surface area contributed by atoms with Gasteiger partial charge in [0.2, 0.25) is 0 Å². The molecule has 5 aliphatic rings. The van der Waals surface area contributed by atoms with Crippen LogP contribution >= 0.6 is 0 Å². The summed E-state index contributed by atoms with van der Waals surface area (Å²) in [6.07, 6.45) is 3.87. The number of carbonyl (C=O) groups is 1. The fourth-order valence-corrected chi connectivity index (χ4v) is 7.42. The number of hydrogen-bond donors (Lipinski definition) is 2. The quantitative estimate of drug-likeness (QED) is 0.709. The molecule has 1 unspecified atom stereocenters. The van der Waals surface area contributed by atoms with E-state index in [2.05, 4.69) is 24.3 Å². The van der Waals surface area contributed by atoms with Crippen molar-refractivity contribution < 1.29 is 19.1 Å². The van der Waals surface area contributed by atoms with Crippen LogP contribution in [0.2, 0.25) is 0 Å². The first-order chi connectivity index (χ1) is 13.3. The summed E-state index contributed by atoms with van der Waals surface area (Å²) in [7, 11) is 0. The first-order valence-corrected chi connectivity index (χ1v) is 11.1. The Kier molecular flexibility index (Phi) is 4.40. The molecule has 0 aromatic carbocycles. The van der Waals surface area contributed by atoms with E-state index in [0.717, 1.165) is 38.8 Å². The molecule has 28 heavy (non-hydrogen) atoms. The van der Waals surface area contributed by atoms with Gasteiger partial charge in [-0.15, -0.1) is 0 Å². The van der Waals surface area contributed by atoms with Gasteiger partial charge in [0.15, 0.2) is 6.10 Å². The Morgan fingerprint density at radius 3 is 2.61 bits per heavy atom. The van der Waals surface area contributed by atoms with Crippen LogP contribution in [0.3, 0.4) is 0 Å². The second-order valence-corrected chi connectivity index (χ2v) is 10.6. The number of halogens is 1. The van der Waals surface area contributed by atoms with E-state index in [1.54, 1.807) is 0 Å². The molecule has 5 fully saturated rings. The Bertz CT molecular complexity index is 695. The lowest BCUT2D eigenvalue weighted by atomic mass is 9.44. The first kappa shape index (κ1) is 19.0. The molecule has 2 N–H and O–H groups in total. The van der Waals surface area contributed by atoms with E-state index in [4.69, 9.17) is 4.84 Å². The van der Waals surface area contributed by atoms with Gasteiger partial charge in [0.1, 0.15) is 12.0 Å². The van der Waals surface area contributed by atoms with E-state index in [1.165, 1.54) is 0 Å². The third-order valence-electron chi connectivity index (χ3n) is 9.31. The fourth-order valence-electron chi connectivity index (χ4n) is 7.42. The molecule has 1 aliphatic heterocycles. The molecule has 0 bridgehead atoms. The minimum absolute atomic E-state index is 0.0317. The van der Waals surface area contributed by atoms with Crippen LogP contribution in [0, 0.1) is 34.5 Å². The molecule has 5 rings (SSSR count). The molecule has 6 heteroatoms. The second-order valence-electron chi connectivity index (χ2n) is 10.6. The lowest BCUT2D eigenvalue weighted by molar-refractivity contribution is -0.154. The second kappa shape index (κ2) is 6.49. The van der Waals surface area contributed by atoms with Crippen LogP contribution in [0.15, 0.2) is 5.16 Å². The van der Waals surface area contributed by atoms with Gasteiger partial charge in [0.25, 0.3) is 0 Å². The third-order valence-corrected chi connectivity index (χ3v) is 9.31. The molecule has 156 valence electrons. The van der Waals surface area contributed by atoms with Crippen LogP contribution < -0.4 is 5.32 Å². The van der Waals surface area contributed by atoms with E-state index in [1.807, 2.05) is 0 Å². The zero-order valence-corrected chi connectivity index (χ0v) is 17.0. The Hall–Kier alpha value is -1.01. The number of rotatable bonds is 2. The smallest absolute Gasteiger partial charge is 0.152 e. The third kappa shape index (κ3) is 2.63. The Labute approximate surface area is 166 Å². The lowest BCUT2D eigenvalue weighted by Crippen LogP contribution is -2.58. The molecule has 4 saturated carbocycles. The highest BCUT2D eigenvalue weighted by Gasteiger charge is 2.63.